The highest BCUT2D eigenvalue weighted by Crippen LogP contribution is 2.22. The van der Waals surface area contributed by atoms with E-state index >= 15 is 0 Å². The average molecular weight is 415 g/mol. The van der Waals surface area contributed by atoms with E-state index in [9.17, 15) is 4.79 Å². The van der Waals surface area contributed by atoms with E-state index in [4.69, 9.17) is 4.98 Å². The summed E-state index contributed by atoms with van der Waals surface area (Å²) in [5.74, 6) is 1.42. The normalized spacial score (nSPS) is 16.0. The first-order valence-electron chi connectivity index (χ1n) is 11.0. The van der Waals surface area contributed by atoms with Crippen molar-refractivity contribution in [3.8, 4) is 0 Å². The standard InChI is InChI=1S/C23H34N4OS/c1-4-6-8-20(5-2)22(28)26-13-7-14-27(16-15-26)23-24-21(25-29-23)17-19-11-9-18(3)10-12-19/h9-12,20H,4-8,13-17H2,1-3H3. The second-order valence-electron chi connectivity index (χ2n) is 8.07. The summed E-state index contributed by atoms with van der Waals surface area (Å²) in [6.45, 7) is 9.85. The summed E-state index contributed by atoms with van der Waals surface area (Å²) < 4.78 is 4.58. The number of hydrogen-bond acceptors (Lipinski definition) is 5. The number of nitrogens with zero attached hydrogens (tertiary/aromatic N) is 4. The van der Waals surface area contributed by atoms with Crippen LogP contribution < -0.4 is 4.90 Å². The van der Waals surface area contributed by atoms with E-state index in [0.29, 0.717) is 5.91 Å². The molecule has 5 nitrogen and oxygen atoms in total. The smallest absolute Gasteiger partial charge is 0.225 e. The minimum absolute atomic E-state index is 0.184. The van der Waals surface area contributed by atoms with Crippen LogP contribution in [0.4, 0.5) is 5.13 Å². The third-order valence-corrected chi connectivity index (χ3v) is 6.58. The van der Waals surface area contributed by atoms with E-state index in [-0.39, 0.29) is 5.92 Å². The van der Waals surface area contributed by atoms with E-state index in [1.807, 2.05) is 0 Å². The number of amides is 1. The fourth-order valence-corrected chi connectivity index (χ4v) is 4.61. The maximum atomic E-state index is 12.9. The van der Waals surface area contributed by atoms with Gasteiger partial charge in [-0.3, -0.25) is 4.79 Å². The Hall–Kier alpha value is -1.95. The maximum absolute atomic E-state index is 12.9. The molecule has 6 heteroatoms. The summed E-state index contributed by atoms with van der Waals surface area (Å²) in [4.78, 5) is 22.1. The molecule has 0 N–H and O–H groups in total. The minimum Gasteiger partial charge on any atom is -0.345 e. The van der Waals surface area contributed by atoms with E-state index in [2.05, 4.69) is 59.2 Å². The van der Waals surface area contributed by atoms with Crippen molar-refractivity contribution in [2.45, 2.75) is 59.3 Å². The average Bonchev–Trinajstić information content (AvgIpc) is 3.05. The lowest BCUT2D eigenvalue weighted by Gasteiger charge is -2.25. The Kier molecular flexibility index (Phi) is 8.04. The molecule has 0 bridgehead atoms. The van der Waals surface area contributed by atoms with Crippen molar-refractivity contribution < 1.29 is 4.79 Å². The lowest BCUT2D eigenvalue weighted by molar-refractivity contribution is -0.135. The lowest BCUT2D eigenvalue weighted by atomic mass is 9.97. The van der Waals surface area contributed by atoms with Gasteiger partial charge in [-0.2, -0.15) is 4.37 Å². The number of hydrogen-bond donors (Lipinski definition) is 0. The van der Waals surface area contributed by atoms with Crippen LogP contribution in [0, 0.1) is 12.8 Å². The molecule has 2 aromatic rings. The number of benzene rings is 1. The molecular formula is C23H34N4OS. The third kappa shape index (κ3) is 6.01. The zero-order valence-electron chi connectivity index (χ0n) is 18.1. The van der Waals surface area contributed by atoms with Crippen LogP contribution in [-0.4, -0.2) is 46.3 Å². The summed E-state index contributed by atoms with van der Waals surface area (Å²) in [6.07, 6.45) is 6.01. The summed E-state index contributed by atoms with van der Waals surface area (Å²) >= 11 is 1.48. The zero-order chi connectivity index (χ0) is 20.6. The van der Waals surface area contributed by atoms with Gasteiger partial charge in [0, 0.05) is 50.1 Å². The monoisotopic (exact) mass is 414 g/mol. The fourth-order valence-electron chi connectivity index (χ4n) is 3.87. The minimum atomic E-state index is 0.184. The molecule has 1 fully saturated rings. The summed E-state index contributed by atoms with van der Waals surface area (Å²) in [7, 11) is 0. The van der Waals surface area contributed by atoms with Gasteiger partial charge in [0.1, 0.15) is 5.82 Å². The largest absolute Gasteiger partial charge is 0.345 e. The molecule has 2 heterocycles. The SMILES string of the molecule is CCCCC(CC)C(=O)N1CCCN(c2nc(Cc3ccc(C)cc3)ns2)CC1. The van der Waals surface area contributed by atoms with Crippen LogP contribution in [0.3, 0.4) is 0 Å². The van der Waals surface area contributed by atoms with Crippen molar-refractivity contribution in [2.75, 3.05) is 31.1 Å². The van der Waals surface area contributed by atoms with Crippen molar-refractivity contribution in [3.05, 3.63) is 41.2 Å². The summed E-state index contributed by atoms with van der Waals surface area (Å²) in [5.41, 5.74) is 2.51. The first-order valence-corrected chi connectivity index (χ1v) is 11.8. The van der Waals surface area contributed by atoms with Gasteiger partial charge < -0.3 is 9.80 Å². The highest BCUT2D eigenvalue weighted by molar-refractivity contribution is 7.09. The molecule has 1 aliphatic rings. The molecule has 1 aromatic carbocycles. The van der Waals surface area contributed by atoms with Gasteiger partial charge in [-0.25, -0.2) is 4.98 Å². The number of carbonyl (C=O) groups excluding carboxylic acids is 1. The molecule has 0 saturated carbocycles. The fraction of sp³-hybridized carbons (Fsp3) is 0.609. The Morgan fingerprint density at radius 1 is 1.14 bits per heavy atom. The van der Waals surface area contributed by atoms with Crippen LogP contribution in [0.25, 0.3) is 0 Å². The molecule has 29 heavy (non-hydrogen) atoms. The quantitative estimate of drug-likeness (QED) is 0.629. The van der Waals surface area contributed by atoms with Gasteiger partial charge in [0.25, 0.3) is 0 Å². The summed E-state index contributed by atoms with van der Waals surface area (Å²) in [5, 5.41) is 0.986. The number of anilines is 1. The van der Waals surface area contributed by atoms with Gasteiger partial charge in [0.2, 0.25) is 11.0 Å². The van der Waals surface area contributed by atoms with Gasteiger partial charge in [-0.15, -0.1) is 0 Å². The lowest BCUT2D eigenvalue weighted by Crippen LogP contribution is -2.39. The van der Waals surface area contributed by atoms with Crippen LogP contribution in [-0.2, 0) is 11.2 Å². The van der Waals surface area contributed by atoms with Crippen molar-refractivity contribution in [3.63, 3.8) is 0 Å². The molecule has 1 amide bonds. The first-order chi connectivity index (χ1) is 14.1. The maximum Gasteiger partial charge on any atom is 0.225 e. The number of unbranched alkanes of at least 4 members (excludes halogenated alkanes) is 1. The number of aryl methyl sites for hydroxylation is 1. The zero-order valence-corrected chi connectivity index (χ0v) is 18.9. The van der Waals surface area contributed by atoms with Crippen molar-refractivity contribution in [2.24, 2.45) is 5.92 Å². The first kappa shape index (κ1) is 21.8. The number of rotatable bonds is 8. The highest BCUT2D eigenvalue weighted by Gasteiger charge is 2.25. The molecule has 1 unspecified atom stereocenters. The van der Waals surface area contributed by atoms with Crippen LogP contribution in [0.2, 0.25) is 0 Å². The van der Waals surface area contributed by atoms with Gasteiger partial charge in [-0.1, -0.05) is 56.5 Å². The third-order valence-electron chi connectivity index (χ3n) is 5.77. The molecule has 1 saturated heterocycles. The second kappa shape index (κ2) is 10.7. The van der Waals surface area contributed by atoms with Crippen molar-refractivity contribution >= 4 is 22.6 Å². The molecule has 158 valence electrons. The van der Waals surface area contributed by atoms with Crippen molar-refractivity contribution in [1.29, 1.82) is 0 Å². The van der Waals surface area contributed by atoms with Gasteiger partial charge in [0.05, 0.1) is 0 Å². The molecule has 0 aliphatic carbocycles. The predicted molar refractivity (Wildman–Crippen MR) is 121 cm³/mol. The Morgan fingerprint density at radius 3 is 2.66 bits per heavy atom. The van der Waals surface area contributed by atoms with E-state index < -0.39 is 0 Å². The predicted octanol–water partition coefficient (Wildman–Crippen LogP) is 4.69. The molecule has 1 aliphatic heterocycles. The van der Waals surface area contributed by atoms with Gasteiger partial charge in [0.15, 0.2) is 0 Å². The Bertz CT molecular complexity index is 773. The Balaban J connectivity index is 1.57. The molecule has 3 rings (SSSR count). The molecule has 0 radical (unpaired) electrons. The van der Waals surface area contributed by atoms with Crippen molar-refractivity contribution in [1.82, 2.24) is 14.3 Å². The van der Waals surface area contributed by atoms with E-state index in [0.717, 1.165) is 75.7 Å². The van der Waals surface area contributed by atoms with Crippen LogP contribution in [0.1, 0.15) is 62.9 Å². The molecule has 0 spiro atoms. The van der Waals surface area contributed by atoms with E-state index in [1.54, 1.807) is 0 Å². The van der Waals surface area contributed by atoms with Crippen LogP contribution in [0.15, 0.2) is 24.3 Å². The van der Waals surface area contributed by atoms with Crippen LogP contribution >= 0.6 is 11.5 Å². The second-order valence-corrected chi connectivity index (χ2v) is 8.80. The van der Waals surface area contributed by atoms with E-state index in [1.165, 1.54) is 22.7 Å². The number of aromatic nitrogens is 2. The van der Waals surface area contributed by atoms with Crippen LogP contribution in [0.5, 0.6) is 0 Å². The van der Waals surface area contributed by atoms with Gasteiger partial charge >= 0.3 is 0 Å². The van der Waals surface area contributed by atoms with Gasteiger partial charge in [-0.05, 0) is 31.7 Å². The highest BCUT2D eigenvalue weighted by atomic mass is 32.1. The molecular weight excluding hydrogens is 380 g/mol. The molecule has 1 atom stereocenters. The molecule has 1 aromatic heterocycles. The Morgan fingerprint density at radius 2 is 1.93 bits per heavy atom. The summed E-state index contributed by atoms with van der Waals surface area (Å²) in [6, 6.07) is 8.56. The topological polar surface area (TPSA) is 49.3 Å². The number of carbonyl (C=O) groups is 1. The Labute approximate surface area is 179 Å².